The van der Waals surface area contributed by atoms with Gasteiger partial charge in [-0.15, -0.1) is 0 Å². The number of anilines is 1. The molecular weight excluding hydrogens is 370 g/mol. The van der Waals surface area contributed by atoms with Gasteiger partial charge in [-0.05, 0) is 52.7 Å². The van der Waals surface area contributed by atoms with E-state index in [1.807, 2.05) is 0 Å². The Kier molecular flexibility index (Phi) is 3.70. The Morgan fingerprint density at radius 1 is 1.23 bits per heavy atom. The normalized spacial score (nSPS) is 14.5. The molecular formula is C15H12BrNO4S. The molecule has 0 atom stereocenters. The van der Waals surface area contributed by atoms with Gasteiger partial charge in [0, 0.05) is 10.0 Å². The third-order valence-electron chi connectivity index (χ3n) is 3.31. The number of carbonyl (C=O) groups is 1. The van der Waals surface area contributed by atoms with Crippen LogP contribution in [0.15, 0.2) is 45.8 Å². The summed E-state index contributed by atoms with van der Waals surface area (Å²) in [5.41, 5.74) is 2.21. The van der Waals surface area contributed by atoms with Gasteiger partial charge < -0.3 is 4.74 Å². The lowest BCUT2D eigenvalue weighted by atomic mass is 10.0. The summed E-state index contributed by atoms with van der Waals surface area (Å²) in [4.78, 5) is 12.0. The number of esters is 1. The minimum Gasteiger partial charge on any atom is -0.462 e. The fraction of sp³-hybridized carbons (Fsp3) is 0.133. The van der Waals surface area contributed by atoms with E-state index in [9.17, 15) is 13.2 Å². The van der Waals surface area contributed by atoms with Gasteiger partial charge in [-0.25, -0.2) is 13.2 Å². The molecule has 2 aliphatic rings. The van der Waals surface area contributed by atoms with Crippen LogP contribution in [0.4, 0.5) is 5.69 Å². The van der Waals surface area contributed by atoms with Gasteiger partial charge in [0.2, 0.25) is 0 Å². The minimum atomic E-state index is -3.71. The Morgan fingerprint density at radius 3 is 2.68 bits per heavy atom. The van der Waals surface area contributed by atoms with E-state index in [2.05, 4.69) is 20.7 Å². The van der Waals surface area contributed by atoms with E-state index in [0.717, 1.165) is 5.56 Å². The third-order valence-corrected chi connectivity index (χ3v) is 5.65. The molecule has 0 spiro atoms. The van der Waals surface area contributed by atoms with Crippen LogP contribution >= 0.6 is 15.9 Å². The number of nitrogens with one attached hydrogen (secondary N) is 1. The molecule has 0 amide bonds. The van der Waals surface area contributed by atoms with Crippen molar-refractivity contribution < 1.29 is 17.9 Å². The fourth-order valence-electron chi connectivity index (χ4n) is 2.31. The Hall–Kier alpha value is -1.86. The maximum atomic E-state index is 12.4. The smallest absolute Gasteiger partial charge is 0.338 e. The van der Waals surface area contributed by atoms with Gasteiger partial charge in [-0.3, -0.25) is 4.72 Å². The van der Waals surface area contributed by atoms with E-state index < -0.39 is 16.0 Å². The fourth-order valence-corrected chi connectivity index (χ4v) is 4.46. The van der Waals surface area contributed by atoms with Crippen LogP contribution in [0.5, 0.6) is 0 Å². The maximum Gasteiger partial charge on any atom is 0.338 e. The molecule has 4 rings (SSSR count). The maximum absolute atomic E-state index is 12.4. The number of fused-ring (bicyclic) bond motifs is 3. The summed E-state index contributed by atoms with van der Waals surface area (Å²) in [6, 6.07) is 9.85. The molecule has 0 aliphatic carbocycles. The lowest BCUT2D eigenvalue weighted by Gasteiger charge is -2.19. The molecule has 0 saturated carbocycles. The zero-order valence-corrected chi connectivity index (χ0v) is 14.0. The second kappa shape index (κ2) is 5.40. The zero-order chi connectivity index (χ0) is 15.9. The summed E-state index contributed by atoms with van der Waals surface area (Å²) in [6.45, 7) is 1.97. The first kappa shape index (κ1) is 15.1. The monoisotopic (exact) mass is 381 g/mol. The van der Waals surface area contributed by atoms with Crippen LogP contribution in [0.25, 0.3) is 11.1 Å². The molecule has 2 heterocycles. The first-order valence-corrected chi connectivity index (χ1v) is 8.84. The molecule has 0 fully saturated rings. The highest BCUT2D eigenvalue weighted by Gasteiger charge is 2.24. The van der Waals surface area contributed by atoms with Crippen molar-refractivity contribution in [2.75, 3.05) is 11.3 Å². The number of rotatable bonds is 2. The quantitative estimate of drug-likeness (QED) is 0.808. The van der Waals surface area contributed by atoms with Crippen LogP contribution in [-0.4, -0.2) is 21.0 Å². The van der Waals surface area contributed by atoms with Gasteiger partial charge in [0.25, 0.3) is 10.0 Å². The number of hydrogen-bond acceptors (Lipinski definition) is 4. The molecule has 0 saturated heterocycles. The molecule has 7 heteroatoms. The minimum absolute atomic E-state index is 0.156. The molecule has 0 unspecified atom stereocenters. The highest BCUT2D eigenvalue weighted by atomic mass is 79.9. The van der Waals surface area contributed by atoms with Gasteiger partial charge in [0.05, 0.1) is 17.9 Å². The molecule has 1 N–H and O–H groups in total. The molecule has 2 aromatic carbocycles. The summed E-state index contributed by atoms with van der Waals surface area (Å²) in [5, 5.41) is 0. The largest absolute Gasteiger partial charge is 0.462 e. The van der Waals surface area contributed by atoms with Crippen LogP contribution in [0.1, 0.15) is 17.3 Å². The van der Waals surface area contributed by atoms with Crippen LogP contribution in [0, 0.1) is 0 Å². The average molecular weight is 382 g/mol. The predicted octanol–water partition coefficient (Wildman–Crippen LogP) is 3.41. The number of sulfonamides is 1. The molecule has 0 aromatic heterocycles. The first-order valence-electron chi connectivity index (χ1n) is 6.56. The molecule has 22 heavy (non-hydrogen) atoms. The van der Waals surface area contributed by atoms with Crippen molar-refractivity contribution in [1.82, 2.24) is 0 Å². The standard InChI is InChI=1S/C15H12BrNO4S/c1-2-21-15(18)10-3-5-11-9-4-6-14(12(16)7-9)22(19,20)17-13(11)8-10/h3-8,17H,2H2,1H3. The van der Waals surface area contributed by atoms with Crippen molar-refractivity contribution in [3.05, 3.63) is 46.4 Å². The second-order valence-corrected chi connectivity index (χ2v) is 7.24. The first-order chi connectivity index (χ1) is 10.4. The average Bonchev–Trinajstić information content (AvgIpc) is 2.45. The summed E-state index contributed by atoms with van der Waals surface area (Å²) >= 11 is 3.27. The summed E-state index contributed by atoms with van der Waals surface area (Å²) in [5.74, 6) is -0.485. The number of carbonyl (C=O) groups excluding carboxylic acids is 1. The molecule has 2 bridgehead atoms. The van der Waals surface area contributed by atoms with Crippen molar-refractivity contribution in [2.24, 2.45) is 0 Å². The Balaban J connectivity index is 2.20. The number of hydrogen-bond donors (Lipinski definition) is 1. The van der Waals surface area contributed by atoms with E-state index in [4.69, 9.17) is 4.74 Å². The highest BCUT2D eigenvalue weighted by Crippen LogP contribution is 2.37. The van der Waals surface area contributed by atoms with Gasteiger partial charge in [0.15, 0.2) is 0 Å². The van der Waals surface area contributed by atoms with Crippen molar-refractivity contribution >= 4 is 37.6 Å². The third kappa shape index (κ3) is 2.50. The lowest BCUT2D eigenvalue weighted by molar-refractivity contribution is 0.0526. The van der Waals surface area contributed by atoms with Gasteiger partial charge in [-0.1, -0.05) is 12.1 Å². The Bertz CT molecular complexity index is 877. The summed E-state index contributed by atoms with van der Waals surface area (Å²) in [7, 11) is -3.71. The Morgan fingerprint density at radius 2 is 2.00 bits per heavy atom. The number of ether oxygens (including phenoxy) is 1. The van der Waals surface area contributed by atoms with Crippen molar-refractivity contribution in [3.8, 4) is 11.1 Å². The van der Waals surface area contributed by atoms with Crippen LogP contribution < -0.4 is 4.72 Å². The van der Waals surface area contributed by atoms with E-state index in [1.165, 1.54) is 6.07 Å². The van der Waals surface area contributed by atoms with Crippen LogP contribution in [0.3, 0.4) is 0 Å². The summed E-state index contributed by atoms with van der Waals surface area (Å²) < 4.78 is 32.8. The van der Waals surface area contributed by atoms with Gasteiger partial charge in [0.1, 0.15) is 4.90 Å². The zero-order valence-electron chi connectivity index (χ0n) is 11.6. The van der Waals surface area contributed by atoms with E-state index >= 15 is 0 Å². The summed E-state index contributed by atoms with van der Waals surface area (Å²) in [6.07, 6.45) is 0. The molecule has 0 radical (unpaired) electrons. The van der Waals surface area contributed by atoms with Gasteiger partial charge >= 0.3 is 5.97 Å². The topological polar surface area (TPSA) is 72.5 Å². The molecule has 114 valence electrons. The number of halogens is 1. The Labute approximate surface area is 136 Å². The number of benzene rings is 2. The van der Waals surface area contributed by atoms with Crippen molar-refractivity contribution in [2.45, 2.75) is 11.8 Å². The van der Waals surface area contributed by atoms with Crippen LogP contribution in [-0.2, 0) is 14.8 Å². The van der Waals surface area contributed by atoms with Crippen LogP contribution in [0.2, 0.25) is 0 Å². The molecule has 2 aromatic rings. The van der Waals surface area contributed by atoms with E-state index in [1.54, 1.807) is 37.3 Å². The SMILES string of the molecule is CCOC(=O)c1ccc2c(c1)NS(=O)(=O)c1ccc-2cc1Br. The van der Waals surface area contributed by atoms with Crippen molar-refractivity contribution in [3.63, 3.8) is 0 Å². The lowest BCUT2D eigenvalue weighted by Crippen LogP contribution is -2.16. The second-order valence-electron chi connectivity index (χ2n) is 4.73. The van der Waals surface area contributed by atoms with E-state index in [-0.39, 0.29) is 11.5 Å². The van der Waals surface area contributed by atoms with Crippen molar-refractivity contribution in [1.29, 1.82) is 0 Å². The molecule has 5 nitrogen and oxygen atoms in total. The highest BCUT2D eigenvalue weighted by molar-refractivity contribution is 9.10. The molecule has 2 aliphatic heterocycles. The van der Waals surface area contributed by atoms with E-state index in [0.29, 0.717) is 21.3 Å². The van der Waals surface area contributed by atoms with Gasteiger partial charge in [-0.2, -0.15) is 0 Å². The predicted molar refractivity (Wildman–Crippen MR) is 86.3 cm³/mol.